The summed E-state index contributed by atoms with van der Waals surface area (Å²) in [5.41, 5.74) is 3.92. The zero-order valence-electron chi connectivity index (χ0n) is 19.4. The van der Waals surface area contributed by atoms with E-state index in [1.807, 2.05) is 23.0 Å². The van der Waals surface area contributed by atoms with Gasteiger partial charge in [-0.15, -0.1) is 5.10 Å². The van der Waals surface area contributed by atoms with Crippen molar-refractivity contribution in [2.45, 2.75) is 37.8 Å². The molecule has 2 aliphatic rings. The Bertz CT molecular complexity index is 1290. The second-order valence-corrected chi connectivity index (χ2v) is 9.05. The number of nitrogens with one attached hydrogen (secondary N) is 1. The second-order valence-electron chi connectivity index (χ2n) is 9.05. The normalized spacial score (nSPS) is 21.7. The van der Waals surface area contributed by atoms with Crippen LogP contribution in [0.4, 0.5) is 5.95 Å². The lowest BCUT2D eigenvalue weighted by molar-refractivity contribution is 0.00790. The Hall–Kier alpha value is -3.30. The van der Waals surface area contributed by atoms with Crippen molar-refractivity contribution in [2.24, 2.45) is 0 Å². The van der Waals surface area contributed by atoms with Gasteiger partial charge in [0.25, 0.3) is 0 Å². The molecule has 0 radical (unpaired) electrons. The van der Waals surface area contributed by atoms with Gasteiger partial charge in [0.05, 0.1) is 42.9 Å². The Kier molecular flexibility index (Phi) is 5.72. The molecule has 3 aromatic heterocycles. The van der Waals surface area contributed by atoms with E-state index in [0.717, 1.165) is 66.7 Å². The summed E-state index contributed by atoms with van der Waals surface area (Å²) in [5.74, 6) is 1.25. The van der Waals surface area contributed by atoms with Crippen LogP contribution < -0.4 is 10.1 Å². The molecule has 34 heavy (non-hydrogen) atoms. The molecule has 9 heteroatoms. The van der Waals surface area contributed by atoms with Gasteiger partial charge in [0.2, 0.25) is 11.8 Å². The molecule has 2 fully saturated rings. The van der Waals surface area contributed by atoms with E-state index in [4.69, 9.17) is 14.6 Å². The van der Waals surface area contributed by atoms with E-state index in [0.29, 0.717) is 23.9 Å². The number of hydrogen-bond donors (Lipinski definition) is 1. The number of benzene rings is 1. The molecule has 1 N–H and O–H groups in total. The summed E-state index contributed by atoms with van der Waals surface area (Å²) >= 11 is 0. The maximum atomic E-state index is 5.50. The maximum Gasteiger partial charge on any atom is 0.241 e. The van der Waals surface area contributed by atoms with Crippen molar-refractivity contribution in [3.05, 3.63) is 43.0 Å². The molecule has 0 unspecified atom stereocenters. The molecule has 1 aliphatic heterocycles. The van der Waals surface area contributed by atoms with E-state index in [9.17, 15) is 0 Å². The van der Waals surface area contributed by atoms with Crippen molar-refractivity contribution < 1.29 is 9.47 Å². The fraction of sp³-hybridized carbons (Fsp3) is 0.440. The third kappa shape index (κ3) is 4.05. The molecule has 1 saturated carbocycles. The average molecular weight is 460 g/mol. The number of fused-ring (bicyclic) bond motifs is 2. The third-order valence-electron chi connectivity index (χ3n) is 7.11. The first kappa shape index (κ1) is 21.2. The van der Waals surface area contributed by atoms with Crippen molar-refractivity contribution in [3.8, 4) is 17.0 Å². The quantitative estimate of drug-likeness (QED) is 0.486. The van der Waals surface area contributed by atoms with Gasteiger partial charge in [0.15, 0.2) is 0 Å². The average Bonchev–Trinajstić information content (AvgIpc) is 3.32. The predicted molar refractivity (Wildman–Crippen MR) is 130 cm³/mol. The van der Waals surface area contributed by atoms with Crippen LogP contribution in [0, 0.1) is 0 Å². The van der Waals surface area contributed by atoms with Gasteiger partial charge in [-0.05, 0) is 49.4 Å². The topological polar surface area (TPSA) is 89.7 Å². The smallest absolute Gasteiger partial charge is 0.241 e. The van der Waals surface area contributed by atoms with E-state index in [1.165, 1.54) is 19.2 Å². The van der Waals surface area contributed by atoms with Gasteiger partial charge in [0, 0.05) is 36.9 Å². The standard InChI is InChI=1S/C25H29N7O2/c1-33-24-21-14-17(2-7-22(21)27-16-28-24)20-8-9-32-23(20)15-26-25(30-32)29-18-3-5-19(6-4-18)31-10-12-34-13-11-31/h2,7-9,14-16,18-19H,3-6,10-13H2,1H3,(H,29,30)/t18-,19-. The highest BCUT2D eigenvalue weighted by molar-refractivity contribution is 5.91. The zero-order chi connectivity index (χ0) is 22.9. The van der Waals surface area contributed by atoms with Crippen LogP contribution in [0.15, 0.2) is 43.0 Å². The predicted octanol–water partition coefficient (Wildman–Crippen LogP) is 3.40. The Labute approximate surface area is 198 Å². The van der Waals surface area contributed by atoms with Crippen LogP contribution in [0.1, 0.15) is 25.7 Å². The summed E-state index contributed by atoms with van der Waals surface area (Å²) in [6.45, 7) is 3.86. The lowest BCUT2D eigenvalue weighted by atomic mass is 9.90. The fourth-order valence-corrected chi connectivity index (χ4v) is 5.28. The minimum atomic E-state index is 0.415. The molecule has 176 valence electrons. The summed E-state index contributed by atoms with van der Waals surface area (Å²) in [6, 6.07) is 9.27. The minimum Gasteiger partial charge on any atom is -0.480 e. The van der Waals surface area contributed by atoms with Gasteiger partial charge in [-0.2, -0.15) is 0 Å². The molecule has 1 aliphatic carbocycles. The molecule has 1 aromatic carbocycles. The fourth-order valence-electron chi connectivity index (χ4n) is 5.28. The van der Waals surface area contributed by atoms with Crippen LogP contribution >= 0.6 is 0 Å². The van der Waals surface area contributed by atoms with Crippen LogP contribution in [0.5, 0.6) is 5.88 Å². The summed E-state index contributed by atoms with van der Waals surface area (Å²) < 4.78 is 12.8. The molecule has 0 amide bonds. The molecule has 0 spiro atoms. The number of methoxy groups -OCH3 is 1. The molecular formula is C25H29N7O2. The van der Waals surface area contributed by atoms with E-state index in [2.05, 4.69) is 43.4 Å². The monoisotopic (exact) mass is 459 g/mol. The number of hydrogen-bond acceptors (Lipinski definition) is 8. The first-order valence-electron chi connectivity index (χ1n) is 12.0. The number of nitrogens with zero attached hydrogens (tertiary/aromatic N) is 6. The van der Waals surface area contributed by atoms with Crippen molar-refractivity contribution in [3.63, 3.8) is 0 Å². The van der Waals surface area contributed by atoms with Crippen LogP contribution in [-0.4, -0.2) is 75.0 Å². The van der Waals surface area contributed by atoms with Crippen LogP contribution in [0.3, 0.4) is 0 Å². The molecule has 6 rings (SSSR count). The Balaban J connectivity index is 1.18. The largest absolute Gasteiger partial charge is 0.480 e. The van der Waals surface area contributed by atoms with Crippen molar-refractivity contribution >= 4 is 22.4 Å². The number of rotatable bonds is 5. The zero-order valence-corrected chi connectivity index (χ0v) is 19.4. The van der Waals surface area contributed by atoms with E-state index < -0.39 is 0 Å². The number of morpholine rings is 1. The van der Waals surface area contributed by atoms with Gasteiger partial charge < -0.3 is 14.8 Å². The van der Waals surface area contributed by atoms with E-state index in [1.54, 1.807) is 7.11 Å². The van der Waals surface area contributed by atoms with Crippen molar-refractivity contribution in [2.75, 3.05) is 38.7 Å². The first-order valence-corrected chi connectivity index (χ1v) is 12.0. The van der Waals surface area contributed by atoms with Crippen LogP contribution in [0.25, 0.3) is 27.5 Å². The van der Waals surface area contributed by atoms with Crippen LogP contribution in [-0.2, 0) is 4.74 Å². The molecule has 4 aromatic rings. The molecule has 0 atom stereocenters. The van der Waals surface area contributed by atoms with Gasteiger partial charge >= 0.3 is 0 Å². The lowest BCUT2D eigenvalue weighted by Crippen LogP contribution is -2.46. The molecule has 4 heterocycles. The summed E-state index contributed by atoms with van der Waals surface area (Å²) in [4.78, 5) is 15.8. The third-order valence-corrected chi connectivity index (χ3v) is 7.11. The Morgan fingerprint density at radius 1 is 1.03 bits per heavy atom. The highest BCUT2D eigenvalue weighted by Gasteiger charge is 2.27. The van der Waals surface area contributed by atoms with Gasteiger partial charge in [0.1, 0.15) is 6.33 Å². The molecule has 9 nitrogen and oxygen atoms in total. The molecular weight excluding hydrogens is 430 g/mol. The van der Waals surface area contributed by atoms with Gasteiger partial charge in [-0.3, -0.25) is 4.90 Å². The van der Waals surface area contributed by atoms with Crippen molar-refractivity contribution in [1.82, 2.24) is 29.5 Å². The SMILES string of the molecule is COc1ncnc2ccc(-c3ccn4nc(N[C@H]5CC[C@H](N6CCOCC6)CC5)ncc34)cc12. The summed E-state index contributed by atoms with van der Waals surface area (Å²) in [7, 11) is 1.62. The van der Waals surface area contributed by atoms with Gasteiger partial charge in [-0.1, -0.05) is 6.07 Å². The van der Waals surface area contributed by atoms with E-state index in [-0.39, 0.29) is 0 Å². The summed E-state index contributed by atoms with van der Waals surface area (Å²) in [6.07, 6.45) is 10.1. The Morgan fingerprint density at radius 2 is 1.88 bits per heavy atom. The second kappa shape index (κ2) is 9.15. The highest BCUT2D eigenvalue weighted by Crippen LogP contribution is 2.31. The lowest BCUT2D eigenvalue weighted by Gasteiger charge is -2.38. The van der Waals surface area contributed by atoms with Gasteiger partial charge in [-0.25, -0.2) is 19.5 Å². The first-order chi connectivity index (χ1) is 16.8. The number of anilines is 1. The molecule has 1 saturated heterocycles. The van der Waals surface area contributed by atoms with Crippen LogP contribution in [0.2, 0.25) is 0 Å². The Morgan fingerprint density at radius 3 is 2.71 bits per heavy atom. The minimum absolute atomic E-state index is 0.415. The molecule has 0 bridgehead atoms. The highest BCUT2D eigenvalue weighted by atomic mass is 16.5. The van der Waals surface area contributed by atoms with Crippen molar-refractivity contribution in [1.29, 1.82) is 0 Å². The maximum absolute atomic E-state index is 5.50. The number of aromatic nitrogens is 5. The number of ether oxygens (including phenoxy) is 2. The van der Waals surface area contributed by atoms with E-state index >= 15 is 0 Å². The summed E-state index contributed by atoms with van der Waals surface area (Å²) in [5, 5.41) is 9.19.